The number of carbonyl (C=O) groups excluding carboxylic acids is 1. The van der Waals surface area contributed by atoms with Crippen LogP contribution >= 0.6 is 0 Å². The Balaban J connectivity index is 2.89. The van der Waals surface area contributed by atoms with Crippen LogP contribution in [0.1, 0.15) is 15.9 Å². The second-order valence-corrected chi connectivity index (χ2v) is 3.57. The van der Waals surface area contributed by atoms with Gasteiger partial charge in [0.15, 0.2) is 6.04 Å². The molecule has 0 spiro atoms. The summed E-state index contributed by atoms with van der Waals surface area (Å²) in [5, 5.41) is 29.0. The number of hydrogen-bond acceptors (Lipinski definition) is 4. The minimum absolute atomic E-state index is 0.0234. The first-order chi connectivity index (χ1) is 7.95. The number of phenolic OH excluding ortho intramolecular Hbond substituents is 1. The van der Waals surface area contributed by atoms with Gasteiger partial charge in [-0.05, 0) is 19.1 Å². The van der Waals surface area contributed by atoms with E-state index in [2.05, 4.69) is 5.32 Å². The van der Waals surface area contributed by atoms with E-state index in [1.54, 1.807) is 13.0 Å². The maximum Gasteiger partial charge on any atom is 0.328 e. The van der Waals surface area contributed by atoms with Crippen molar-refractivity contribution in [3.63, 3.8) is 0 Å². The summed E-state index contributed by atoms with van der Waals surface area (Å²) in [5.41, 5.74) is 0.730. The van der Waals surface area contributed by atoms with Gasteiger partial charge in [-0.15, -0.1) is 0 Å². The molecule has 6 nitrogen and oxygen atoms in total. The minimum Gasteiger partial charge on any atom is -0.507 e. The predicted octanol–water partition coefficient (Wildman–Crippen LogP) is -0.124. The standard InChI is InChI=1S/C11H13NO5/c1-6-2-3-9(14)7(4-6)10(15)12-8(5-13)11(16)17/h2-4,8,13-14H,5H2,1H3,(H,12,15)(H,16,17)/t8-/m1/s1. The topological polar surface area (TPSA) is 107 Å². The maximum absolute atomic E-state index is 11.6. The van der Waals surface area contributed by atoms with E-state index in [0.717, 1.165) is 5.56 Å². The number of aromatic hydroxyl groups is 1. The number of aliphatic carboxylic acids is 1. The number of phenols is 1. The van der Waals surface area contributed by atoms with Crippen LogP contribution in [0.4, 0.5) is 0 Å². The smallest absolute Gasteiger partial charge is 0.328 e. The quantitative estimate of drug-likeness (QED) is 0.585. The molecule has 6 heteroatoms. The molecule has 0 saturated carbocycles. The van der Waals surface area contributed by atoms with E-state index in [0.29, 0.717) is 0 Å². The second-order valence-electron chi connectivity index (χ2n) is 3.57. The molecule has 1 aromatic rings. The Hall–Kier alpha value is -2.08. The third-order valence-corrected chi connectivity index (χ3v) is 2.18. The number of aliphatic hydroxyl groups is 1. The summed E-state index contributed by atoms with van der Waals surface area (Å²) in [6, 6.07) is 3.01. The van der Waals surface area contributed by atoms with Crippen molar-refractivity contribution in [2.75, 3.05) is 6.61 Å². The molecule has 1 aromatic carbocycles. The van der Waals surface area contributed by atoms with Gasteiger partial charge in [0.2, 0.25) is 0 Å². The van der Waals surface area contributed by atoms with E-state index >= 15 is 0 Å². The van der Waals surface area contributed by atoms with Crippen LogP contribution in [0.3, 0.4) is 0 Å². The van der Waals surface area contributed by atoms with Gasteiger partial charge in [0.25, 0.3) is 5.91 Å². The number of aryl methyl sites for hydroxylation is 1. The summed E-state index contributed by atoms with van der Waals surface area (Å²) >= 11 is 0. The zero-order chi connectivity index (χ0) is 13.0. The Morgan fingerprint density at radius 2 is 2.06 bits per heavy atom. The van der Waals surface area contributed by atoms with Gasteiger partial charge in [-0.3, -0.25) is 4.79 Å². The Labute approximate surface area is 97.5 Å². The molecular formula is C11H13NO5. The molecule has 0 unspecified atom stereocenters. The van der Waals surface area contributed by atoms with E-state index in [1.807, 2.05) is 0 Å². The van der Waals surface area contributed by atoms with Crippen LogP contribution in [0.5, 0.6) is 5.75 Å². The molecule has 0 radical (unpaired) electrons. The first-order valence-corrected chi connectivity index (χ1v) is 4.90. The third kappa shape index (κ3) is 3.18. The molecule has 0 aliphatic rings. The lowest BCUT2D eigenvalue weighted by molar-refractivity contribution is -0.140. The number of benzene rings is 1. The molecule has 1 rings (SSSR count). The van der Waals surface area contributed by atoms with Gasteiger partial charge >= 0.3 is 5.97 Å². The van der Waals surface area contributed by atoms with Crippen LogP contribution < -0.4 is 5.32 Å². The molecule has 0 aromatic heterocycles. The molecular weight excluding hydrogens is 226 g/mol. The summed E-state index contributed by atoms with van der Waals surface area (Å²) in [7, 11) is 0. The average molecular weight is 239 g/mol. The minimum atomic E-state index is -1.39. The molecule has 1 atom stereocenters. The highest BCUT2D eigenvalue weighted by Crippen LogP contribution is 2.17. The van der Waals surface area contributed by atoms with Crippen LogP contribution in [0.15, 0.2) is 18.2 Å². The first kappa shape index (κ1) is 13.0. The summed E-state index contributed by atoms with van der Waals surface area (Å²) in [6.07, 6.45) is 0. The van der Waals surface area contributed by atoms with Crippen molar-refractivity contribution in [3.8, 4) is 5.75 Å². The molecule has 0 aliphatic carbocycles. The van der Waals surface area contributed by atoms with Gasteiger partial charge < -0.3 is 20.6 Å². The third-order valence-electron chi connectivity index (χ3n) is 2.18. The molecule has 0 bridgehead atoms. The van der Waals surface area contributed by atoms with Crippen LogP contribution in [0, 0.1) is 6.92 Å². The highest BCUT2D eigenvalue weighted by Gasteiger charge is 2.21. The van der Waals surface area contributed by atoms with Gasteiger partial charge in [0.1, 0.15) is 5.75 Å². The van der Waals surface area contributed by atoms with Gasteiger partial charge in [-0.25, -0.2) is 4.79 Å². The van der Waals surface area contributed by atoms with Gasteiger partial charge in [-0.2, -0.15) is 0 Å². The monoisotopic (exact) mass is 239 g/mol. The average Bonchev–Trinajstić information content (AvgIpc) is 2.28. The zero-order valence-corrected chi connectivity index (χ0v) is 9.17. The number of carboxylic acids is 1. The number of rotatable bonds is 4. The summed E-state index contributed by atoms with van der Waals surface area (Å²) in [5.74, 6) is -2.32. The Bertz CT molecular complexity index is 443. The second kappa shape index (κ2) is 5.31. The van der Waals surface area contributed by atoms with E-state index in [1.165, 1.54) is 12.1 Å². The Morgan fingerprint density at radius 3 is 2.59 bits per heavy atom. The number of nitrogens with one attached hydrogen (secondary N) is 1. The summed E-state index contributed by atoms with van der Waals surface area (Å²) < 4.78 is 0. The van der Waals surface area contributed by atoms with E-state index < -0.39 is 24.5 Å². The summed E-state index contributed by atoms with van der Waals surface area (Å²) in [4.78, 5) is 22.3. The Kier molecular flexibility index (Phi) is 4.06. The van der Waals surface area contributed by atoms with Crippen molar-refractivity contribution in [1.82, 2.24) is 5.32 Å². The summed E-state index contributed by atoms with van der Waals surface area (Å²) in [6.45, 7) is 1.02. The van der Waals surface area contributed by atoms with Crippen LogP contribution in [0.25, 0.3) is 0 Å². The van der Waals surface area contributed by atoms with Crippen molar-refractivity contribution >= 4 is 11.9 Å². The van der Waals surface area contributed by atoms with Crippen LogP contribution in [-0.2, 0) is 4.79 Å². The van der Waals surface area contributed by atoms with Gasteiger partial charge in [0.05, 0.1) is 12.2 Å². The van der Waals surface area contributed by atoms with E-state index in [9.17, 15) is 14.7 Å². The largest absolute Gasteiger partial charge is 0.507 e. The fourth-order valence-corrected chi connectivity index (χ4v) is 1.25. The lowest BCUT2D eigenvalue weighted by Crippen LogP contribution is -2.43. The van der Waals surface area contributed by atoms with Crippen molar-refractivity contribution in [3.05, 3.63) is 29.3 Å². The van der Waals surface area contributed by atoms with Gasteiger partial charge in [-0.1, -0.05) is 11.6 Å². The van der Waals surface area contributed by atoms with Crippen LogP contribution in [0.2, 0.25) is 0 Å². The van der Waals surface area contributed by atoms with E-state index in [-0.39, 0.29) is 11.3 Å². The molecule has 0 saturated heterocycles. The van der Waals surface area contributed by atoms with Crippen molar-refractivity contribution < 1.29 is 24.9 Å². The SMILES string of the molecule is Cc1ccc(O)c(C(=O)N[C@H](CO)C(=O)O)c1. The van der Waals surface area contributed by atoms with Crippen molar-refractivity contribution in [1.29, 1.82) is 0 Å². The van der Waals surface area contributed by atoms with E-state index in [4.69, 9.17) is 10.2 Å². The molecule has 92 valence electrons. The predicted molar refractivity (Wildman–Crippen MR) is 58.8 cm³/mol. The lowest BCUT2D eigenvalue weighted by Gasteiger charge is -2.12. The molecule has 1 amide bonds. The van der Waals surface area contributed by atoms with Crippen molar-refractivity contribution in [2.45, 2.75) is 13.0 Å². The lowest BCUT2D eigenvalue weighted by atomic mass is 10.1. The highest BCUT2D eigenvalue weighted by molar-refractivity contribution is 5.99. The van der Waals surface area contributed by atoms with Crippen molar-refractivity contribution in [2.24, 2.45) is 0 Å². The number of amides is 1. The number of aliphatic hydroxyl groups excluding tert-OH is 1. The number of hydrogen-bond donors (Lipinski definition) is 4. The molecule has 0 aliphatic heterocycles. The molecule has 0 heterocycles. The molecule has 0 fully saturated rings. The number of carboxylic acid groups (broad SMARTS) is 1. The van der Waals surface area contributed by atoms with Crippen LogP contribution in [-0.4, -0.2) is 39.8 Å². The molecule has 4 N–H and O–H groups in total. The maximum atomic E-state index is 11.6. The number of carbonyl (C=O) groups is 2. The fraction of sp³-hybridized carbons (Fsp3) is 0.273. The normalized spacial score (nSPS) is 11.9. The zero-order valence-electron chi connectivity index (χ0n) is 9.17. The fourth-order valence-electron chi connectivity index (χ4n) is 1.25. The highest BCUT2D eigenvalue weighted by atomic mass is 16.4. The van der Waals surface area contributed by atoms with Gasteiger partial charge in [0, 0.05) is 0 Å². The Morgan fingerprint density at radius 1 is 1.41 bits per heavy atom. The molecule has 17 heavy (non-hydrogen) atoms. The first-order valence-electron chi connectivity index (χ1n) is 4.90.